The maximum atomic E-state index is 15.9. The number of hydrogen-bond donors (Lipinski definition) is 2. The Bertz CT molecular complexity index is 1440. The zero-order valence-corrected chi connectivity index (χ0v) is 26.2. The number of piperidine rings is 1. The third kappa shape index (κ3) is 7.22. The Labute approximate surface area is 260 Å². The number of likely N-dealkylation sites (N-methyl/N-ethyl adjacent to an activating group) is 1. The Morgan fingerprint density at radius 2 is 1.78 bits per heavy atom. The summed E-state index contributed by atoms with van der Waals surface area (Å²) in [5, 5.41) is 5.10. The SMILES string of the molecule is C[C@@H]1CN(c2cc(F)c(C3=CCN(c4ncc(CN(C)C)cn4)C3)cc2NC(=O)C2CNC(=O)CC2C(F)(F)F)C[C@H](C)N1C. The van der Waals surface area contributed by atoms with E-state index >= 15 is 4.39 Å². The smallest absolute Gasteiger partial charge is 0.367 e. The van der Waals surface area contributed by atoms with Crippen LogP contribution in [0.2, 0.25) is 0 Å². The molecule has 10 nitrogen and oxygen atoms in total. The molecule has 3 aliphatic rings. The monoisotopic (exact) mass is 632 g/mol. The van der Waals surface area contributed by atoms with E-state index in [0.717, 1.165) is 5.56 Å². The molecule has 1 aromatic heterocycles. The topological polar surface area (TPSA) is 96.9 Å². The molecule has 3 aliphatic heterocycles. The lowest BCUT2D eigenvalue weighted by molar-refractivity contribution is -0.197. The molecule has 14 heteroatoms. The van der Waals surface area contributed by atoms with Crippen molar-refractivity contribution in [2.24, 2.45) is 11.8 Å². The highest BCUT2D eigenvalue weighted by Gasteiger charge is 2.50. The summed E-state index contributed by atoms with van der Waals surface area (Å²) in [6.45, 7) is 6.15. The van der Waals surface area contributed by atoms with Gasteiger partial charge in [-0.15, -0.1) is 0 Å². The molecule has 0 saturated carbocycles. The molecule has 5 rings (SSSR count). The summed E-state index contributed by atoms with van der Waals surface area (Å²) in [7, 11) is 5.91. The summed E-state index contributed by atoms with van der Waals surface area (Å²) < 4.78 is 57.6. The average Bonchev–Trinajstić information content (AvgIpc) is 3.46. The molecular weight excluding hydrogens is 592 g/mol. The molecule has 2 fully saturated rings. The predicted molar refractivity (Wildman–Crippen MR) is 164 cm³/mol. The largest absolute Gasteiger partial charge is 0.393 e. The van der Waals surface area contributed by atoms with Gasteiger partial charge in [-0.05, 0) is 52.7 Å². The number of halogens is 4. The number of amides is 2. The molecule has 2 N–H and O–H groups in total. The van der Waals surface area contributed by atoms with Gasteiger partial charge >= 0.3 is 6.18 Å². The molecule has 45 heavy (non-hydrogen) atoms. The van der Waals surface area contributed by atoms with Crippen molar-refractivity contribution < 1.29 is 27.2 Å². The number of anilines is 3. The van der Waals surface area contributed by atoms with Gasteiger partial charge in [0.25, 0.3) is 0 Å². The number of carbonyl (C=O) groups is 2. The van der Waals surface area contributed by atoms with E-state index in [2.05, 4.69) is 25.5 Å². The minimum atomic E-state index is -4.73. The number of carbonyl (C=O) groups excluding carboxylic acids is 2. The average molecular weight is 633 g/mol. The third-order valence-corrected chi connectivity index (χ3v) is 8.95. The zero-order valence-electron chi connectivity index (χ0n) is 26.2. The molecule has 0 radical (unpaired) electrons. The van der Waals surface area contributed by atoms with Crippen molar-refractivity contribution in [2.45, 2.75) is 45.1 Å². The first kappa shape index (κ1) is 32.6. The maximum Gasteiger partial charge on any atom is 0.393 e. The molecule has 2 aromatic rings. The van der Waals surface area contributed by atoms with Crippen LogP contribution in [0.3, 0.4) is 0 Å². The van der Waals surface area contributed by atoms with E-state index in [-0.39, 0.29) is 23.3 Å². The minimum absolute atomic E-state index is 0.110. The number of piperazine rings is 1. The first-order chi connectivity index (χ1) is 21.2. The Hall–Kier alpha value is -3.78. The van der Waals surface area contributed by atoms with Crippen LogP contribution in [-0.2, 0) is 16.1 Å². The second-order valence-corrected chi connectivity index (χ2v) is 12.6. The summed E-state index contributed by atoms with van der Waals surface area (Å²) in [6, 6.07) is 3.09. The Morgan fingerprint density at radius 1 is 1.11 bits per heavy atom. The fraction of sp³-hybridized carbons (Fsp3) is 0.548. The second-order valence-electron chi connectivity index (χ2n) is 12.6. The normalized spacial score (nSPS) is 24.6. The van der Waals surface area contributed by atoms with Crippen molar-refractivity contribution in [2.75, 3.05) is 69.0 Å². The number of rotatable bonds is 7. The van der Waals surface area contributed by atoms with Gasteiger partial charge in [0.05, 0.1) is 23.2 Å². The summed E-state index contributed by atoms with van der Waals surface area (Å²) >= 11 is 0. The highest BCUT2D eigenvalue weighted by atomic mass is 19.4. The minimum Gasteiger partial charge on any atom is -0.367 e. The van der Waals surface area contributed by atoms with Gasteiger partial charge in [-0.3, -0.25) is 14.5 Å². The summed E-state index contributed by atoms with van der Waals surface area (Å²) in [4.78, 5) is 42.3. The third-order valence-electron chi connectivity index (χ3n) is 8.95. The van der Waals surface area contributed by atoms with Gasteiger partial charge in [-0.1, -0.05) is 6.08 Å². The van der Waals surface area contributed by atoms with Gasteiger partial charge in [0.1, 0.15) is 5.82 Å². The molecule has 0 aliphatic carbocycles. The first-order valence-corrected chi connectivity index (χ1v) is 15.1. The standard InChI is InChI=1S/C31H40F4N8O2/c1-18-14-43(15-19(2)41(18)5)27-10-25(32)22(21-6-7-42(17-21)30-37-11-20(12-38-30)16-40(3)4)8-26(27)39-29(45)23-13-36-28(44)9-24(23)31(33,34)35/h6,8,10-12,18-19,23-24H,7,9,13-17H2,1-5H3,(H,36,44)(H,39,45)/t18-,19+,23?,24?. The number of benzene rings is 1. The molecule has 4 atom stereocenters. The van der Waals surface area contributed by atoms with Crippen LogP contribution in [0.1, 0.15) is 31.4 Å². The molecule has 244 valence electrons. The van der Waals surface area contributed by atoms with Gasteiger partial charge in [0.2, 0.25) is 17.8 Å². The van der Waals surface area contributed by atoms with Crippen LogP contribution in [0.25, 0.3) is 5.57 Å². The van der Waals surface area contributed by atoms with Crippen LogP contribution in [0.15, 0.2) is 30.6 Å². The molecule has 2 saturated heterocycles. The fourth-order valence-corrected chi connectivity index (χ4v) is 6.26. The van der Waals surface area contributed by atoms with Crippen LogP contribution in [0.5, 0.6) is 0 Å². The van der Waals surface area contributed by atoms with E-state index in [0.29, 0.717) is 49.9 Å². The quantitative estimate of drug-likeness (QED) is 0.449. The number of hydrogen-bond acceptors (Lipinski definition) is 8. The van der Waals surface area contributed by atoms with Crippen molar-refractivity contribution >= 4 is 34.7 Å². The van der Waals surface area contributed by atoms with Crippen molar-refractivity contribution in [1.82, 2.24) is 25.1 Å². The molecule has 4 heterocycles. The lowest BCUT2D eigenvalue weighted by Gasteiger charge is -2.44. The molecule has 0 bridgehead atoms. The summed E-state index contributed by atoms with van der Waals surface area (Å²) in [6.07, 6.45) is -0.190. The second kappa shape index (κ2) is 12.9. The van der Waals surface area contributed by atoms with Gasteiger partial charge < -0.3 is 25.3 Å². The van der Waals surface area contributed by atoms with Crippen molar-refractivity contribution in [1.29, 1.82) is 0 Å². The molecule has 2 unspecified atom stereocenters. The number of nitrogens with one attached hydrogen (secondary N) is 2. The Kier molecular flexibility index (Phi) is 9.36. The lowest BCUT2D eigenvalue weighted by Crippen LogP contribution is -2.55. The maximum absolute atomic E-state index is 15.9. The van der Waals surface area contributed by atoms with E-state index in [1.54, 1.807) is 12.4 Å². The van der Waals surface area contributed by atoms with E-state index in [4.69, 9.17) is 0 Å². The highest BCUT2D eigenvalue weighted by Crippen LogP contribution is 2.39. The van der Waals surface area contributed by atoms with Crippen LogP contribution in [-0.4, -0.2) is 104 Å². The number of alkyl halides is 3. The predicted octanol–water partition coefficient (Wildman–Crippen LogP) is 3.36. The van der Waals surface area contributed by atoms with Crippen LogP contribution < -0.4 is 20.4 Å². The van der Waals surface area contributed by atoms with E-state index in [1.807, 2.05) is 55.8 Å². The molecule has 0 spiro atoms. The van der Waals surface area contributed by atoms with Gasteiger partial charge in [0.15, 0.2) is 0 Å². The van der Waals surface area contributed by atoms with Gasteiger partial charge in [0, 0.05) is 81.3 Å². The summed E-state index contributed by atoms with van der Waals surface area (Å²) in [5.41, 5.74) is 2.46. The highest BCUT2D eigenvalue weighted by molar-refractivity contribution is 5.98. The van der Waals surface area contributed by atoms with Crippen molar-refractivity contribution in [3.8, 4) is 0 Å². The van der Waals surface area contributed by atoms with Crippen LogP contribution in [0.4, 0.5) is 34.9 Å². The van der Waals surface area contributed by atoms with Crippen LogP contribution in [0, 0.1) is 17.7 Å². The lowest BCUT2D eigenvalue weighted by atomic mass is 9.84. The van der Waals surface area contributed by atoms with E-state index < -0.39 is 48.6 Å². The first-order valence-electron chi connectivity index (χ1n) is 15.1. The Balaban J connectivity index is 1.44. The number of nitrogens with zero attached hydrogens (tertiary/aromatic N) is 6. The van der Waals surface area contributed by atoms with Crippen molar-refractivity contribution in [3.63, 3.8) is 0 Å². The van der Waals surface area contributed by atoms with Gasteiger partial charge in [-0.2, -0.15) is 13.2 Å². The zero-order chi connectivity index (χ0) is 32.6. The Morgan fingerprint density at radius 3 is 2.40 bits per heavy atom. The van der Waals surface area contributed by atoms with Crippen molar-refractivity contribution in [3.05, 3.63) is 47.5 Å². The van der Waals surface area contributed by atoms with Gasteiger partial charge in [-0.25, -0.2) is 14.4 Å². The van der Waals surface area contributed by atoms with Crippen LogP contribution >= 0.6 is 0 Å². The number of aromatic nitrogens is 2. The molecule has 2 amide bonds. The summed E-state index contributed by atoms with van der Waals surface area (Å²) in [5.74, 6) is -5.28. The fourth-order valence-electron chi connectivity index (χ4n) is 6.26. The van der Waals surface area contributed by atoms with E-state index in [1.165, 1.54) is 12.1 Å². The molecule has 1 aromatic carbocycles. The van der Waals surface area contributed by atoms with E-state index in [9.17, 15) is 22.8 Å². The molecular formula is C31H40F4N8O2.